The Labute approximate surface area is 106 Å². The molecule has 0 saturated heterocycles. The van der Waals surface area contributed by atoms with E-state index in [-0.39, 0.29) is 11.5 Å². The standard InChI is InChI=1S/C14H29NO2/c1-5-9-10-11-12-14(7-3,8-4)17-15-13(16)6-2/h5-12H2,1-4H3,(H,15,16). The molecule has 0 unspecified atom stereocenters. The van der Waals surface area contributed by atoms with Crippen LogP contribution in [0.5, 0.6) is 0 Å². The lowest BCUT2D eigenvalue weighted by Crippen LogP contribution is -2.39. The maximum absolute atomic E-state index is 11.2. The Bertz CT molecular complexity index is 200. The lowest BCUT2D eigenvalue weighted by Gasteiger charge is -2.31. The van der Waals surface area contributed by atoms with Crippen molar-refractivity contribution < 1.29 is 9.63 Å². The van der Waals surface area contributed by atoms with E-state index in [9.17, 15) is 4.79 Å². The van der Waals surface area contributed by atoms with E-state index in [1.165, 1.54) is 25.7 Å². The van der Waals surface area contributed by atoms with Gasteiger partial charge in [0.1, 0.15) is 0 Å². The summed E-state index contributed by atoms with van der Waals surface area (Å²) >= 11 is 0. The summed E-state index contributed by atoms with van der Waals surface area (Å²) in [6.45, 7) is 8.30. The zero-order valence-corrected chi connectivity index (χ0v) is 12.0. The van der Waals surface area contributed by atoms with Crippen LogP contribution in [0.1, 0.15) is 79.1 Å². The third kappa shape index (κ3) is 6.67. The number of hydroxylamine groups is 1. The van der Waals surface area contributed by atoms with Crippen LogP contribution in [0, 0.1) is 0 Å². The van der Waals surface area contributed by atoms with Crippen molar-refractivity contribution in [3.63, 3.8) is 0 Å². The summed E-state index contributed by atoms with van der Waals surface area (Å²) in [5.74, 6) is -0.0372. The Balaban J connectivity index is 4.10. The Morgan fingerprint density at radius 3 is 2.18 bits per heavy atom. The molecule has 0 spiro atoms. The monoisotopic (exact) mass is 243 g/mol. The highest BCUT2D eigenvalue weighted by Crippen LogP contribution is 2.26. The SMILES string of the molecule is CCCCCCC(CC)(CC)ONC(=O)CC. The average molecular weight is 243 g/mol. The minimum atomic E-state index is -0.168. The Kier molecular flexibility index (Phi) is 9.14. The largest absolute Gasteiger partial charge is 0.273 e. The topological polar surface area (TPSA) is 38.3 Å². The normalized spacial score (nSPS) is 11.5. The van der Waals surface area contributed by atoms with E-state index in [4.69, 9.17) is 4.84 Å². The summed E-state index contributed by atoms with van der Waals surface area (Å²) in [5, 5.41) is 0. The van der Waals surface area contributed by atoms with Gasteiger partial charge in [0.2, 0.25) is 5.91 Å². The number of hydrogen-bond acceptors (Lipinski definition) is 2. The van der Waals surface area contributed by atoms with Crippen LogP contribution in [0.25, 0.3) is 0 Å². The van der Waals surface area contributed by atoms with Gasteiger partial charge in [0.05, 0.1) is 5.60 Å². The molecule has 0 radical (unpaired) electrons. The van der Waals surface area contributed by atoms with Crippen molar-refractivity contribution in [2.45, 2.75) is 84.7 Å². The Hall–Kier alpha value is -0.570. The van der Waals surface area contributed by atoms with Gasteiger partial charge in [-0.1, -0.05) is 53.4 Å². The third-order valence-electron chi connectivity index (χ3n) is 3.48. The Morgan fingerprint density at radius 2 is 1.71 bits per heavy atom. The molecule has 17 heavy (non-hydrogen) atoms. The summed E-state index contributed by atoms with van der Waals surface area (Å²) in [6, 6.07) is 0. The fourth-order valence-electron chi connectivity index (χ4n) is 1.91. The lowest BCUT2D eigenvalue weighted by atomic mass is 9.90. The first-order valence-electron chi connectivity index (χ1n) is 7.11. The van der Waals surface area contributed by atoms with Gasteiger partial charge in [-0.3, -0.25) is 9.63 Å². The summed E-state index contributed by atoms with van der Waals surface area (Å²) in [5.41, 5.74) is 2.41. The van der Waals surface area contributed by atoms with Crippen LogP contribution in [0.15, 0.2) is 0 Å². The second-order valence-corrected chi connectivity index (χ2v) is 4.68. The molecule has 0 aliphatic rings. The molecule has 1 N–H and O–H groups in total. The zero-order valence-electron chi connectivity index (χ0n) is 12.0. The fraction of sp³-hybridized carbons (Fsp3) is 0.929. The van der Waals surface area contributed by atoms with E-state index < -0.39 is 0 Å². The quantitative estimate of drug-likeness (QED) is 0.465. The maximum atomic E-state index is 11.2. The van der Waals surface area contributed by atoms with Gasteiger partial charge >= 0.3 is 0 Å². The van der Waals surface area contributed by atoms with Crippen LogP contribution in [0.3, 0.4) is 0 Å². The molecule has 0 aromatic rings. The molecule has 0 rings (SSSR count). The number of unbranched alkanes of at least 4 members (excludes halogenated alkanes) is 3. The van der Waals surface area contributed by atoms with E-state index in [1.54, 1.807) is 0 Å². The molecule has 0 atom stereocenters. The van der Waals surface area contributed by atoms with Crippen LogP contribution in [-0.2, 0) is 9.63 Å². The molecule has 0 aromatic carbocycles. The molecule has 0 bridgehead atoms. The van der Waals surface area contributed by atoms with Gasteiger partial charge in [-0.15, -0.1) is 0 Å². The van der Waals surface area contributed by atoms with Crippen LogP contribution in [-0.4, -0.2) is 11.5 Å². The van der Waals surface area contributed by atoms with Crippen molar-refractivity contribution >= 4 is 5.91 Å². The number of rotatable bonds is 10. The highest BCUT2D eigenvalue weighted by atomic mass is 16.7. The van der Waals surface area contributed by atoms with Gasteiger partial charge in [-0.2, -0.15) is 0 Å². The molecule has 0 fully saturated rings. The van der Waals surface area contributed by atoms with E-state index in [0.717, 1.165) is 19.3 Å². The fourth-order valence-corrected chi connectivity index (χ4v) is 1.91. The summed E-state index contributed by atoms with van der Waals surface area (Å²) in [4.78, 5) is 16.9. The molecule has 0 aliphatic heterocycles. The summed E-state index contributed by atoms with van der Waals surface area (Å²) in [7, 11) is 0. The van der Waals surface area contributed by atoms with Crippen molar-refractivity contribution in [3.05, 3.63) is 0 Å². The van der Waals surface area contributed by atoms with Gasteiger partial charge in [-0.05, 0) is 19.3 Å². The molecule has 0 heterocycles. The first kappa shape index (κ1) is 16.4. The van der Waals surface area contributed by atoms with E-state index in [2.05, 4.69) is 26.3 Å². The van der Waals surface area contributed by atoms with Crippen LogP contribution in [0.2, 0.25) is 0 Å². The predicted molar refractivity (Wildman–Crippen MR) is 71.6 cm³/mol. The molecule has 1 amide bonds. The highest BCUT2D eigenvalue weighted by molar-refractivity contribution is 5.74. The van der Waals surface area contributed by atoms with Crippen molar-refractivity contribution in [3.8, 4) is 0 Å². The van der Waals surface area contributed by atoms with Crippen LogP contribution >= 0.6 is 0 Å². The van der Waals surface area contributed by atoms with Gasteiger partial charge in [0, 0.05) is 6.42 Å². The summed E-state index contributed by atoms with van der Waals surface area (Å²) < 4.78 is 0. The molecular formula is C14H29NO2. The predicted octanol–water partition coefficient (Wildman–Crippen LogP) is 3.97. The second kappa shape index (κ2) is 9.46. The van der Waals surface area contributed by atoms with Gasteiger partial charge < -0.3 is 0 Å². The molecular weight excluding hydrogens is 214 g/mol. The lowest BCUT2D eigenvalue weighted by molar-refractivity contribution is -0.156. The van der Waals surface area contributed by atoms with Crippen molar-refractivity contribution in [2.24, 2.45) is 0 Å². The summed E-state index contributed by atoms with van der Waals surface area (Å²) in [6.07, 6.45) is 8.35. The van der Waals surface area contributed by atoms with E-state index in [0.29, 0.717) is 6.42 Å². The molecule has 0 saturated carbocycles. The number of nitrogens with one attached hydrogen (secondary N) is 1. The second-order valence-electron chi connectivity index (χ2n) is 4.68. The minimum absolute atomic E-state index is 0.0372. The van der Waals surface area contributed by atoms with E-state index >= 15 is 0 Å². The zero-order chi connectivity index (χ0) is 13.1. The highest BCUT2D eigenvalue weighted by Gasteiger charge is 2.27. The molecule has 102 valence electrons. The van der Waals surface area contributed by atoms with Crippen LogP contribution in [0.4, 0.5) is 0 Å². The molecule has 0 aliphatic carbocycles. The van der Waals surface area contributed by atoms with E-state index in [1.807, 2.05) is 6.92 Å². The number of carbonyl (C=O) groups excluding carboxylic acids is 1. The number of amides is 1. The van der Waals surface area contributed by atoms with Crippen molar-refractivity contribution in [2.75, 3.05) is 0 Å². The van der Waals surface area contributed by atoms with Crippen molar-refractivity contribution in [1.82, 2.24) is 5.48 Å². The smallest absolute Gasteiger partial charge is 0.243 e. The number of hydrogen-bond donors (Lipinski definition) is 1. The first-order valence-corrected chi connectivity index (χ1v) is 7.11. The van der Waals surface area contributed by atoms with Crippen LogP contribution < -0.4 is 5.48 Å². The van der Waals surface area contributed by atoms with Gasteiger partial charge in [0.25, 0.3) is 0 Å². The van der Waals surface area contributed by atoms with Gasteiger partial charge in [-0.25, -0.2) is 5.48 Å². The molecule has 0 aromatic heterocycles. The first-order chi connectivity index (χ1) is 8.14. The maximum Gasteiger partial charge on any atom is 0.243 e. The van der Waals surface area contributed by atoms with Gasteiger partial charge in [0.15, 0.2) is 0 Å². The number of carbonyl (C=O) groups is 1. The minimum Gasteiger partial charge on any atom is -0.273 e. The molecule has 3 heteroatoms. The third-order valence-corrected chi connectivity index (χ3v) is 3.48. The Morgan fingerprint density at radius 1 is 1.06 bits per heavy atom. The molecule has 3 nitrogen and oxygen atoms in total. The average Bonchev–Trinajstić information content (AvgIpc) is 2.38. The van der Waals surface area contributed by atoms with Crippen molar-refractivity contribution in [1.29, 1.82) is 0 Å².